The molecule has 2 aromatic rings. The average Bonchev–Trinajstić information content (AvgIpc) is 2.36. The van der Waals surface area contributed by atoms with Gasteiger partial charge >= 0.3 is 0 Å². The summed E-state index contributed by atoms with van der Waals surface area (Å²) in [7, 11) is 0. The molecule has 0 saturated carbocycles. The van der Waals surface area contributed by atoms with Gasteiger partial charge in [0.1, 0.15) is 0 Å². The standard InChI is InChI=1S/C17H22N2O2/c1-11-7-13-8-12(5-6-14(13)19-16(11)21)10-18-15(20)9-17(2,3)4/h5-8H,9-10H2,1-4H3,(H,18,20)(H,19,21). The number of benzene rings is 1. The molecule has 1 aromatic heterocycles. The SMILES string of the molecule is Cc1cc2cc(CNC(=O)CC(C)(C)C)ccc2[nH]c1=O. The zero-order valence-electron chi connectivity index (χ0n) is 13.0. The first-order chi connectivity index (χ1) is 9.74. The van der Waals surface area contributed by atoms with Crippen LogP contribution < -0.4 is 10.9 Å². The Hall–Kier alpha value is -2.10. The Kier molecular flexibility index (Phi) is 4.16. The second-order valence-electron chi connectivity index (χ2n) is 6.72. The fourth-order valence-corrected chi connectivity index (χ4v) is 2.22. The Morgan fingerprint density at radius 2 is 1.95 bits per heavy atom. The summed E-state index contributed by atoms with van der Waals surface area (Å²) in [6, 6.07) is 7.66. The van der Waals surface area contributed by atoms with Crippen LogP contribution in [0.3, 0.4) is 0 Å². The molecule has 0 fully saturated rings. The summed E-state index contributed by atoms with van der Waals surface area (Å²) in [6.45, 7) is 8.42. The molecule has 1 heterocycles. The van der Waals surface area contributed by atoms with E-state index in [9.17, 15) is 9.59 Å². The first-order valence-corrected chi connectivity index (χ1v) is 7.14. The fourth-order valence-electron chi connectivity index (χ4n) is 2.22. The summed E-state index contributed by atoms with van der Waals surface area (Å²) in [5.41, 5.74) is 2.46. The second-order valence-corrected chi connectivity index (χ2v) is 6.72. The molecule has 0 bridgehead atoms. The number of amides is 1. The van der Waals surface area contributed by atoms with E-state index in [4.69, 9.17) is 0 Å². The maximum atomic E-state index is 11.8. The molecular formula is C17H22N2O2. The molecule has 2 rings (SSSR count). The Bertz CT molecular complexity index is 724. The number of nitrogens with one attached hydrogen (secondary N) is 2. The maximum Gasteiger partial charge on any atom is 0.251 e. The number of fused-ring (bicyclic) bond motifs is 1. The summed E-state index contributed by atoms with van der Waals surface area (Å²) in [6.07, 6.45) is 0.507. The summed E-state index contributed by atoms with van der Waals surface area (Å²) in [5, 5.41) is 3.92. The molecule has 0 radical (unpaired) electrons. The molecule has 0 aliphatic carbocycles. The van der Waals surface area contributed by atoms with Gasteiger partial charge in [-0.25, -0.2) is 0 Å². The highest BCUT2D eigenvalue weighted by atomic mass is 16.1. The number of aryl methyl sites for hydroxylation is 1. The number of aromatic nitrogens is 1. The van der Waals surface area contributed by atoms with Gasteiger partial charge in [-0.3, -0.25) is 9.59 Å². The summed E-state index contributed by atoms with van der Waals surface area (Å²) in [5.74, 6) is 0.0558. The van der Waals surface area contributed by atoms with Crippen molar-refractivity contribution in [2.45, 2.75) is 40.7 Å². The third kappa shape index (κ3) is 4.18. The van der Waals surface area contributed by atoms with Crippen LogP contribution in [0.2, 0.25) is 0 Å². The van der Waals surface area contributed by atoms with Crippen LogP contribution in [-0.4, -0.2) is 10.9 Å². The molecule has 21 heavy (non-hydrogen) atoms. The first kappa shape index (κ1) is 15.3. The van der Waals surface area contributed by atoms with Crippen molar-refractivity contribution >= 4 is 16.8 Å². The van der Waals surface area contributed by atoms with Crippen LogP contribution in [0.4, 0.5) is 0 Å². The largest absolute Gasteiger partial charge is 0.352 e. The van der Waals surface area contributed by atoms with Gasteiger partial charge in [0.05, 0.1) is 0 Å². The number of H-pyrrole nitrogens is 1. The lowest BCUT2D eigenvalue weighted by Gasteiger charge is -2.17. The molecule has 4 heteroatoms. The van der Waals surface area contributed by atoms with E-state index in [1.165, 1.54) is 0 Å². The monoisotopic (exact) mass is 286 g/mol. The van der Waals surface area contributed by atoms with Crippen LogP contribution in [0.15, 0.2) is 29.1 Å². The minimum atomic E-state index is -0.0614. The molecule has 0 aliphatic heterocycles. The highest BCUT2D eigenvalue weighted by molar-refractivity contribution is 5.80. The van der Waals surface area contributed by atoms with Crippen molar-refractivity contribution in [3.63, 3.8) is 0 Å². The molecule has 0 unspecified atom stereocenters. The van der Waals surface area contributed by atoms with Gasteiger partial charge in [0.25, 0.3) is 5.56 Å². The number of pyridine rings is 1. The zero-order chi connectivity index (χ0) is 15.6. The van der Waals surface area contributed by atoms with E-state index >= 15 is 0 Å². The van der Waals surface area contributed by atoms with E-state index in [2.05, 4.69) is 10.3 Å². The quantitative estimate of drug-likeness (QED) is 0.911. The van der Waals surface area contributed by atoms with Crippen LogP contribution in [0.25, 0.3) is 10.9 Å². The lowest BCUT2D eigenvalue weighted by atomic mass is 9.92. The molecule has 112 valence electrons. The maximum absolute atomic E-state index is 11.8. The van der Waals surface area contributed by atoms with Gasteiger partial charge in [-0.1, -0.05) is 26.8 Å². The Morgan fingerprint density at radius 1 is 1.24 bits per heavy atom. The molecule has 0 aliphatic rings. The van der Waals surface area contributed by atoms with Gasteiger partial charge in [-0.15, -0.1) is 0 Å². The van der Waals surface area contributed by atoms with Crippen LogP contribution in [0, 0.1) is 12.3 Å². The van der Waals surface area contributed by atoms with Gasteiger partial charge < -0.3 is 10.3 Å². The van der Waals surface area contributed by atoms with Crippen LogP contribution in [-0.2, 0) is 11.3 Å². The molecule has 4 nitrogen and oxygen atoms in total. The van der Waals surface area contributed by atoms with Gasteiger partial charge in [0, 0.05) is 24.0 Å². The van der Waals surface area contributed by atoms with Crippen molar-refractivity contribution < 1.29 is 4.79 Å². The lowest BCUT2D eigenvalue weighted by molar-refractivity contribution is -0.122. The first-order valence-electron chi connectivity index (χ1n) is 7.14. The summed E-state index contributed by atoms with van der Waals surface area (Å²) >= 11 is 0. The number of aromatic amines is 1. The van der Waals surface area contributed by atoms with E-state index in [1.807, 2.05) is 45.0 Å². The average molecular weight is 286 g/mol. The number of hydrogen-bond donors (Lipinski definition) is 2. The number of carbonyl (C=O) groups excluding carboxylic acids is 1. The molecule has 2 N–H and O–H groups in total. The highest BCUT2D eigenvalue weighted by Gasteiger charge is 2.15. The predicted octanol–water partition coefficient (Wildman–Crippen LogP) is 2.89. The van der Waals surface area contributed by atoms with Crippen LogP contribution in [0.5, 0.6) is 0 Å². The van der Waals surface area contributed by atoms with E-state index in [0.717, 1.165) is 16.5 Å². The van der Waals surface area contributed by atoms with Gasteiger partial charge in [-0.2, -0.15) is 0 Å². The smallest absolute Gasteiger partial charge is 0.251 e. The number of carbonyl (C=O) groups is 1. The molecule has 1 aromatic carbocycles. The lowest BCUT2D eigenvalue weighted by Crippen LogP contribution is -2.27. The second kappa shape index (κ2) is 5.72. The zero-order valence-corrected chi connectivity index (χ0v) is 13.0. The van der Waals surface area contributed by atoms with Crippen LogP contribution in [0.1, 0.15) is 38.3 Å². The predicted molar refractivity (Wildman–Crippen MR) is 85.2 cm³/mol. The van der Waals surface area contributed by atoms with Crippen molar-refractivity contribution in [2.24, 2.45) is 5.41 Å². The van der Waals surface area contributed by atoms with Crippen molar-refractivity contribution in [1.29, 1.82) is 0 Å². The topological polar surface area (TPSA) is 62.0 Å². The van der Waals surface area contributed by atoms with Crippen molar-refractivity contribution in [1.82, 2.24) is 10.3 Å². The third-order valence-electron chi connectivity index (χ3n) is 3.27. The summed E-state index contributed by atoms with van der Waals surface area (Å²) < 4.78 is 0. The molecule has 0 saturated heterocycles. The van der Waals surface area contributed by atoms with E-state index in [-0.39, 0.29) is 16.9 Å². The van der Waals surface area contributed by atoms with Gasteiger partial charge in [0.15, 0.2) is 0 Å². The minimum absolute atomic E-state index is 0.00985. The highest BCUT2D eigenvalue weighted by Crippen LogP contribution is 2.18. The third-order valence-corrected chi connectivity index (χ3v) is 3.27. The molecule has 0 spiro atoms. The number of rotatable bonds is 3. The van der Waals surface area contributed by atoms with Gasteiger partial charge in [0.2, 0.25) is 5.91 Å². The van der Waals surface area contributed by atoms with Crippen LogP contribution >= 0.6 is 0 Å². The van der Waals surface area contributed by atoms with Crippen molar-refractivity contribution in [3.05, 3.63) is 45.7 Å². The Labute approximate surface area is 124 Å². The van der Waals surface area contributed by atoms with E-state index in [1.54, 1.807) is 6.92 Å². The van der Waals surface area contributed by atoms with E-state index in [0.29, 0.717) is 18.5 Å². The normalized spacial score (nSPS) is 11.6. The van der Waals surface area contributed by atoms with Crippen molar-refractivity contribution in [3.8, 4) is 0 Å². The number of hydrogen-bond acceptors (Lipinski definition) is 2. The minimum Gasteiger partial charge on any atom is -0.352 e. The molecular weight excluding hydrogens is 264 g/mol. The molecule has 0 atom stereocenters. The summed E-state index contributed by atoms with van der Waals surface area (Å²) in [4.78, 5) is 26.2. The van der Waals surface area contributed by atoms with Gasteiger partial charge in [-0.05, 0) is 41.5 Å². The Morgan fingerprint density at radius 3 is 2.62 bits per heavy atom. The fraction of sp³-hybridized carbons (Fsp3) is 0.412. The molecule has 1 amide bonds. The Balaban J connectivity index is 2.11. The van der Waals surface area contributed by atoms with E-state index < -0.39 is 0 Å². The van der Waals surface area contributed by atoms with Crippen molar-refractivity contribution in [2.75, 3.05) is 0 Å².